The Kier molecular flexibility index (Phi) is 4.05. The van der Waals surface area contributed by atoms with E-state index < -0.39 is 0 Å². The smallest absolute Gasteiger partial charge is 0.138 e. The summed E-state index contributed by atoms with van der Waals surface area (Å²) in [7, 11) is 0. The lowest BCUT2D eigenvalue weighted by Gasteiger charge is -2.36. The highest BCUT2D eigenvalue weighted by molar-refractivity contribution is 5.08. The van der Waals surface area contributed by atoms with Gasteiger partial charge in [-0.15, -0.1) is 10.2 Å². The van der Waals surface area contributed by atoms with E-state index in [1.807, 2.05) is 6.33 Å². The van der Waals surface area contributed by atoms with Crippen molar-refractivity contribution in [3.8, 4) is 0 Å². The van der Waals surface area contributed by atoms with E-state index in [0.29, 0.717) is 11.8 Å². The van der Waals surface area contributed by atoms with Crippen molar-refractivity contribution < 1.29 is 0 Å². The highest BCUT2D eigenvalue weighted by Crippen LogP contribution is 2.34. The molecule has 0 radical (unpaired) electrons. The lowest BCUT2D eigenvalue weighted by atomic mass is 9.74. The first-order valence-electron chi connectivity index (χ1n) is 7.11. The molecule has 4 heteroatoms. The van der Waals surface area contributed by atoms with Crippen LogP contribution in [-0.2, 0) is 12.0 Å². The van der Waals surface area contributed by atoms with Gasteiger partial charge in [-0.25, -0.2) is 0 Å². The van der Waals surface area contributed by atoms with Crippen molar-refractivity contribution in [2.24, 2.45) is 11.8 Å². The molecule has 1 atom stereocenters. The van der Waals surface area contributed by atoms with E-state index in [9.17, 15) is 0 Å². The fourth-order valence-corrected chi connectivity index (χ4v) is 2.93. The van der Waals surface area contributed by atoms with Gasteiger partial charge in [-0.3, -0.25) is 0 Å². The zero-order chi connectivity index (χ0) is 13.2. The average molecular weight is 250 g/mol. The Morgan fingerprint density at radius 2 is 2.28 bits per heavy atom. The maximum Gasteiger partial charge on any atom is 0.138 e. The predicted molar refractivity (Wildman–Crippen MR) is 73.5 cm³/mol. The van der Waals surface area contributed by atoms with Gasteiger partial charge in [-0.1, -0.05) is 27.7 Å². The molecule has 0 saturated carbocycles. The molecule has 18 heavy (non-hydrogen) atoms. The zero-order valence-corrected chi connectivity index (χ0v) is 12.1. The van der Waals surface area contributed by atoms with Crippen LogP contribution in [0.4, 0.5) is 0 Å². The fourth-order valence-electron chi connectivity index (χ4n) is 2.93. The zero-order valence-electron chi connectivity index (χ0n) is 12.1. The number of nitrogens with zero attached hydrogens (tertiary/aromatic N) is 3. The monoisotopic (exact) mass is 250 g/mol. The van der Waals surface area contributed by atoms with Crippen LogP contribution in [0.5, 0.6) is 0 Å². The van der Waals surface area contributed by atoms with Crippen molar-refractivity contribution in [3.05, 3.63) is 12.2 Å². The molecule has 1 fully saturated rings. The molecular weight excluding hydrogens is 224 g/mol. The summed E-state index contributed by atoms with van der Waals surface area (Å²) in [6.07, 6.45) is 4.44. The summed E-state index contributed by atoms with van der Waals surface area (Å²) in [5.74, 6) is 2.42. The summed E-state index contributed by atoms with van der Waals surface area (Å²) in [6, 6.07) is 0. The second-order valence-electron chi connectivity index (χ2n) is 6.47. The Hall–Kier alpha value is -0.900. The topological polar surface area (TPSA) is 42.7 Å². The van der Waals surface area contributed by atoms with Gasteiger partial charge in [-0.05, 0) is 37.8 Å². The molecule has 102 valence electrons. The summed E-state index contributed by atoms with van der Waals surface area (Å²) in [6.45, 7) is 12.4. The Balaban J connectivity index is 2.20. The molecule has 0 aliphatic carbocycles. The Morgan fingerprint density at radius 1 is 1.50 bits per heavy atom. The molecular formula is C14H26N4. The van der Waals surface area contributed by atoms with Crippen LogP contribution in [0.15, 0.2) is 6.33 Å². The number of rotatable bonds is 4. The van der Waals surface area contributed by atoms with Gasteiger partial charge in [0, 0.05) is 12.0 Å². The van der Waals surface area contributed by atoms with Crippen LogP contribution in [0.25, 0.3) is 0 Å². The van der Waals surface area contributed by atoms with Gasteiger partial charge in [0.1, 0.15) is 12.2 Å². The quantitative estimate of drug-likeness (QED) is 0.891. The first kappa shape index (κ1) is 13.5. The summed E-state index contributed by atoms with van der Waals surface area (Å²) in [5.41, 5.74) is 0.0960. The summed E-state index contributed by atoms with van der Waals surface area (Å²) in [4.78, 5) is 0. The maximum absolute atomic E-state index is 4.40. The minimum Gasteiger partial charge on any atom is -0.317 e. The average Bonchev–Trinajstić information content (AvgIpc) is 2.78. The Bertz CT molecular complexity index is 375. The molecule has 1 aliphatic rings. The highest BCUT2D eigenvalue weighted by Gasteiger charge is 2.36. The van der Waals surface area contributed by atoms with Crippen LogP contribution in [0.2, 0.25) is 0 Å². The second-order valence-corrected chi connectivity index (χ2v) is 6.47. The summed E-state index contributed by atoms with van der Waals surface area (Å²) < 4.78 is 2.24. The minimum absolute atomic E-state index is 0.0960. The summed E-state index contributed by atoms with van der Waals surface area (Å²) >= 11 is 0. The van der Waals surface area contributed by atoms with E-state index in [0.717, 1.165) is 25.5 Å². The highest BCUT2D eigenvalue weighted by atomic mass is 15.3. The van der Waals surface area contributed by atoms with Crippen molar-refractivity contribution in [1.29, 1.82) is 0 Å². The van der Waals surface area contributed by atoms with Crippen molar-refractivity contribution >= 4 is 0 Å². The van der Waals surface area contributed by atoms with Crippen molar-refractivity contribution in [3.63, 3.8) is 0 Å². The SMILES string of the molecule is CC(C)Cn1cnnc1C(C)(C)C1CCCNC1. The molecule has 2 heterocycles. The Labute approximate surface area is 110 Å². The lowest BCUT2D eigenvalue weighted by Crippen LogP contribution is -2.42. The first-order chi connectivity index (χ1) is 8.51. The number of hydrogen-bond acceptors (Lipinski definition) is 3. The van der Waals surface area contributed by atoms with E-state index >= 15 is 0 Å². The number of hydrogen-bond donors (Lipinski definition) is 1. The molecule has 1 aromatic rings. The lowest BCUT2D eigenvalue weighted by molar-refractivity contribution is 0.233. The van der Waals surface area contributed by atoms with E-state index in [1.54, 1.807) is 0 Å². The van der Waals surface area contributed by atoms with E-state index in [2.05, 4.69) is 47.8 Å². The van der Waals surface area contributed by atoms with Crippen LogP contribution in [-0.4, -0.2) is 27.9 Å². The van der Waals surface area contributed by atoms with E-state index in [4.69, 9.17) is 0 Å². The van der Waals surface area contributed by atoms with Crippen LogP contribution in [0.1, 0.15) is 46.4 Å². The molecule has 1 aromatic heterocycles. The molecule has 1 N–H and O–H groups in total. The number of aromatic nitrogens is 3. The molecule has 1 aliphatic heterocycles. The third-order valence-electron chi connectivity index (χ3n) is 4.07. The molecule has 4 nitrogen and oxygen atoms in total. The van der Waals surface area contributed by atoms with Gasteiger partial charge in [-0.2, -0.15) is 0 Å². The fraction of sp³-hybridized carbons (Fsp3) is 0.857. The van der Waals surface area contributed by atoms with Gasteiger partial charge in [0.15, 0.2) is 0 Å². The van der Waals surface area contributed by atoms with E-state index in [-0.39, 0.29) is 5.41 Å². The van der Waals surface area contributed by atoms with Crippen molar-refractivity contribution in [1.82, 2.24) is 20.1 Å². The van der Waals surface area contributed by atoms with Gasteiger partial charge in [0.2, 0.25) is 0 Å². The maximum atomic E-state index is 4.40. The van der Waals surface area contributed by atoms with Gasteiger partial charge in [0.25, 0.3) is 0 Å². The molecule has 0 aromatic carbocycles. The van der Waals surface area contributed by atoms with E-state index in [1.165, 1.54) is 12.8 Å². The van der Waals surface area contributed by atoms with Crippen LogP contribution in [0, 0.1) is 11.8 Å². The largest absolute Gasteiger partial charge is 0.317 e. The number of nitrogens with one attached hydrogen (secondary N) is 1. The second kappa shape index (κ2) is 5.39. The van der Waals surface area contributed by atoms with Crippen LogP contribution < -0.4 is 5.32 Å². The normalized spacial score (nSPS) is 21.5. The number of piperidine rings is 1. The summed E-state index contributed by atoms with van der Waals surface area (Å²) in [5, 5.41) is 12.0. The predicted octanol–water partition coefficient (Wildman–Crippen LogP) is 2.21. The third-order valence-corrected chi connectivity index (χ3v) is 4.07. The molecule has 2 rings (SSSR count). The van der Waals surface area contributed by atoms with Crippen molar-refractivity contribution in [2.45, 2.75) is 52.5 Å². The van der Waals surface area contributed by atoms with Crippen LogP contribution >= 0.6 is 0 Å². The molecule has 0 amide bonds. The van der Waals surface area contributed by atoms with Crippen molar-refractivity contribution in [2.75, 3.05) is 13.1 Å². The molecule has 0 bridgehead atoms. The Morgan fingerprint density at radius 3 is 2.89 bits per heavy atom. The molecule has 1 saturated heterocycles. The minimum atomic E-state index is 0.0960. The molecule has 0 spiro atoms. The third kappa shape index (κ3) is 2.74. The van der Waals surface area contributed by atoms with Gasteiger partial charge in [0.05, 0.1) is 0 Å². The molecule has 1 unspecified atom stereocenters. The van der Waals surface area contributed by atoms with Gasteiger partial charge >= 0.3 is 0 Å². The van der Waals surface area contributed by atoms with Gasteiger partial charge < -0.3 is 9.88 Å². The standard InChI is InChI=1S/C14H26N4/c1-11(2)9-18-10-16-17-13(18)14(3,4)12-6-5-7-15-8-12/h10-12,15H,5-9H2,1-4H3. The van der Waals surface area contributed by atoms with Crippen LogP contribution in [0.3, 0.4) is 0 Å². The first-order valence-corrected chi connectivity index (χ1v) is 7.11.